The number of benzene rings is 3. The van der Waals surface area contributed by atoms with E-state index in [0.29, 0.717) is 13.0 Å². The fourth-order valence-corrected chi connectivity index (χ4v) is 3.85. The van der Waals surface area contributed by atoms with Crippen molar-refractivity contribution in [3.63, 3.8) is 0 Å². The minimum atomic E-state index is 0.0833. The van der Waals surface area contributed by atoms with Crippen LogP contribution in [0.15, 0.2) is 91.0 Å². The van der Waals surface area contributed by atoms with Crippen molar-refractivity contribution in [3.05, 3.63) is 108 Å². The van der Waals surface area contributed by atoms with Crippen LogP contribution in [0.25, 0.3) is 5.57 Å². The monoisotopic (exact) mass is 383 g/mol. The summed E-state index contributed by atoms with van der Waals surface area (Å²) in [6.45, 7) is 0.644. The zero-order chi connectivity index (χ0) is 20.1. The molecule has 0 N–H and O–H groups in total. The highest BCUT2D eigenvalue weighted by atomic mass is 16.5. The molecule has 0 aliphatic carbocycles. The molecule has 0 aromatic heterocycles. The molecule has 1 aliphatic heterocycles. The molecule has 146 valence electrons. The summed E-state index contributed by atoms with van der Waals surface area (Å²) in [6.07, 6.45) is 3.70. The second-order valence-corrected chi connectivity index (χ2v) is 7.29. The van der Waals surface area contributed by atoms with E-state index in [-0.39, 0.29) is 11.9 Å². The Labute approximate surface area is 172 Å². The summed E-state index contributed by atoms with van der Waals surface area (Å²) in [7, 11) is 1.68. The van der Waals surface area contributed by atoms with Crippen LogP contribution >= 0.6 is 0 Å². The Bertz CT molecular complexity index is 978. The zero-order valence-electron chi connectivity index (χ0n) is 16.6. The molecule has 1 unspecified atom stereocenters. The van der Waals surface area contributed by atoms with Crippen LogP contribution in [0.5, 0.6) is 5.75 Å². The van der Waals surface area contributed by atoms with Crippen molar-refractivity contribution in [2.45, 2.75) is 25.4 Å². The summed E-state index contributed by atoms with van der Waals surface area (Å²) >= 11 is 0. The molecule has 29 heavy (non-hydrogen) atoms. The summed E-state index contributed by atoms with van der Waals surface area (Å²) in [4.78, 5) is 14.6. The highest BCUT2D eigenvalue weighted by molar-refractivity contribution is 5.83. The molecule has 3 aromatic carbocycles. The van der Waals surface area contributed by atoms with E-state index in [0.717, 1.165) is 34.4 Å². The van der Waals surface area contributed by atoms with Gasteiger partial charge >= 0.3 is 0 Å². The number of hydrogen-bond acceptors (Lipinski definition) is 2. The molecule has 1 atom stereocenters. The summed E-state index contributed by atoms with van der Waals surface area (Å²) in [5.41, 5.74) is 4.57. The molecule has 0 radical (unpaired) electrons. The number of nitrogens with zero attached hydrogens (tertiary/aromatic N) is 1. The van der Waals surface area contributed by atoms with Gasteiger partial charge in [-0.3, -0.25) is 4.79 Å². The average Bonchev–Trinajstić information content (AvgIpc) is 3.12. The summed E-state index contributed by atoms with van der Waals surface area (Å²) < 4.78 is 5.31. The van der Waals surface area contributed by atoms with Crippen LogP contribution in [0.1, 0.15) is 29.5 Å². The number of methoxy groups -OCH3 is 1. The van der Waals surface area contributed by atoms with Crippen LogP contribution in [0.2, 0.25) is 0 Å². The van der Waals surface area contributed by atoms with Gasteiger partial charge in [-0.05, 0) is 40.8 Å². The number of carbonyl (C=O) groups excluding carboxylic acids is 1. The van der Waals surface area contributed by atoms with Crippen molar-refractivity contribution < 1.29 is 9.53 Å². The Hall–Kier alpha value is -3.33. The lowest BCUT2D eigenvalue weighted by molar-refractivity contribution is -0.129. The van der Waals surface area contributed by atoms with Crippen LogP contribution in [-0.4, -0.2) is 24.0 Å². The molecule has 0 saturated carbocycles. The smallest absolute Gasteiger partial charge is 0.223 e. The van der Waals surface area contributed by atoms with E-state index in [1.807, 2.05) is 53.4 Å². The molecule has 1 saturated heterocycles. The zero-order valence-corrected chi connectivity index (χ0v) is 16.6. The van der Waals surface area contributed by atoms with Crippen molar-refractivity contribution in [2.24, 2.45) is 0 Å². The molecule has 3 aromatic rings. The predicted molar refractivity (Wildman–Crippen MR) is 117 cm³/mol. The first-order valence-electron chi connectivity index (χ1n) is 9.99. The maximum Gasteiger partial charge on any atom is 0.223 e. The average molecular weight is 383 g/mol. The number of likely N-dealkylation sites (tertiary alicyclic amines) is 1. The van der Waals surface area contributed by atoms with Crippen molar-refractivity contribution >= 4 is 11.5 Å². The lowest BCUT2D eigenvalue weighted by Crippen LogP contribution is -2.31. The second kappa shape index (κ2) is 8.78. The summed E-state index contributed by atoms with van der Waals surface area (Å²) in [6, 6.07) is 28.8. The largest absolute Gasteiger partial charge is 0.497 e. The molecule has 1 amide bonds. The molecule has 0 bridgehead atoms. The van der Waals surface area contributed by atoms with Gasteiger partial charge < -0.3 is 9.64 Å². The van der Waals surface area contributed by atoms with Crippen LogP contribution in [0.4, 0.5) is 0 Å². The number of amides is 1. The lowest BCUT2D eigenvalue weighted by atomic mass is 9.95. The fourth-order valence-electron chi connectivity index (χ4n) is 3.85. The highest BCUT2D eigenvalue weighted by Gasteiger charge is 2.30. The molecule has 0 spiro atoms. The first-order chi connectivity index (χ1) is 14.2. The second-order valence-electron chi connectivity index (χ2n) is 7.29. The summed E-state index contributed by atoms with van der Waals surface area (Å²) in [5, 5.41) is 0. The number of carbonyl (C=O) groups is 1. The van der Waals surface area contributed by atoms with Crippen molar-refractivity contribution in [1.82, 2.24) is 4.90 Å². The Morgan fingerprint density at radius 2 is 1.55 bits per heavy atom. The Kier molecular flexibility index (Phi) is 5.76. The van der Waals surface area contributed by atoms with Crippen LogP contribution in [0, 0.1) is 0 Å². The van der Waals surface area contributed by atoms with E-state index in [2.05, 4.69) is 42.5 Å². The van der Waals surface area contributed by atoms with Gasteiger partial charge in [0.2, 0.25) is 5.91 Å². The van der Waals surface area contributed by atoms with Gasteiger partial charge in [0, 0.05) is 13.0 Å². The molecule has 3 heteroatoms. The molecule has 3 nitrogen and oxygen atoms in total. The fraction of sp³-hybridized carbons (Fsp3) is 0.192. The predicted octanol–water partition coefficient (Wildman–Crippen LogP) is 5.32. The number of ether oxygens (including phenoxy) is 1. The quantitative estimate of drug-likeness (QED) is 0.577. The molecule has 4 rings (SSSR count). The first kappa shape index (κ1) is 19.0. The first-order valence-corrected chi connectivity index (χ1v) is 9.99. The van der Waals surface area contributed by atoms with Gasteiger partial charge in [-0.15, -0.1) is 0 Å². The van der Waals surface area contributed by atoms with Crippen LogP contribution < -0.4 is 4.74 Å². The standard InChI is InChI=1S/C26H25NO2/c1-29-24-15-12-22(13-16-24)25(21-10-6-3-7-11-21)18-23-14-17-26(28)27(23)19-20-8-4-2-5-9-20/h2-13,15-16,18,23H,14,17,19H2,1H3/b25-18+. The van der Waals surface area contributed by atoms with Crippen LogP contribution in [0.3, 0.4) is 0 Å². The third-order valence-corrected chi connectivity index (χ3v) is 5.42. The molecular formula is C26H25NO2. The lowest BCUT2D eigenvalue weighted by Gasteiger charge is -2.24. The summed E-state index contributed by atoms with van der Waals surface area (Å²) in [5.74, 6) is 1.06. The van der Waals surface area contributed by atoms with Gasteiger partial charge in [0.25, 0.3) is 0 Å². The molecule has 1 fully saturated rings. The maximum atomic E-state index is 12.6. The van der Waals surface area contributed by atoms with E-state index in [1.54, 1.807) is 7.11 Å². The molecule has 1 aliphatic rings. The van der Waals surface area contributed by atoms with Crippen molar-refractivity contribution in [2.75, 3.05) is 7.11 Å². The Morgan fingerprint density at radius 1 is 0.931 bits per heavy atom. The van der Waals surface area contributed by atoms with Crippen molar-refractivity contribution in [3.8, 4) is 5.75 Å². The van der Waals surface area contributed by atoms with Gasteiger partial charge in [-0.25, -0.2) is 0 Å². The molecule has 1 heterocycles. The van der Waals surface area contributed by atoms with E-state index >= 15 is 0 Å². The van der Waals surface area contributed by atoms with Gasteiger partial charge in [0.05, 0.1) is 13.2 Å². The highest BCUT2D eigenvalue weighted by Crippen LogP contribution is 2.30. The Morgan fingerprint density at radius 3 is 2.21 bits per heavy atom. The Balaban J connectivity index is 1.69. The van der Waals surface area contributed by atoms with E-state index in [9.17, 15) is 4.79 Å². The van der Waals surface area contributed by atoms with E-state index in [1.165, 1.54) is 0 Å². The van der Waals surface area contributed by atoms with Gasteiger partial charge in [0.1, 0.15) is 5.75 Å². The normalized spacial score (nSPS) is 16.9. The topological polar surface area (TPSA) is 29.5 Å². The third kappa shape index (κ3) is 4.40. The van der Waals surface area contributed by atoms with Crippen molar-refractivity contribution in [1.29, 1.82) is 0 Å². The minimum Gasteiger partial charge on any atom is -0.497 e. The van der Waals surface area contributed by atoms with Crippen LogP contribution in [-0.2, 0) is 11.3 Å². The third-order valence-electron chi connectivity index (χ3n) is 5.42. The molecular weight excluding hydrogens is 358 g/mol. The van der Waals surface area contributed by atoms with E-state index < -0.39 is 0 Å². The van der Waals surface area contributed by atoms with Gasteiger partial charge in [0.15, 0.2) is 0 Å². The van der Waals surface area contributed by atoms with Gasteiger partial charge in [-0.2, -0.15) is 0 Å². The minimum absolute atomic E-state index is 0.0833. The SMILES string of the molecule is COc1ccc(/C(=C/C2CCC(=O)N2Cc2ccccc2)c2ccccc2)cc1. The maximum absolute atomic E-state index is 12.6. The number of hydrogen-bond donors (Lipinski definition) is 0. The number of rotatable bonds is 6. The van der Waals surface area contributed by atoms with Gasteiger partial charge in [-0.1, -0.05) is 78.9 Å². The van der Waals surface area contributed by atoms with E-state index in [4.69, 9.17) is 4.74 Å².